The number of carbonyl (C=O) groups excluding carboxylic acids is 1. The monoisotopic (exact) mass is 511 g/mol. The van der Waals surface area contributed by atoms with Crippen LogP contribution < -0.4 is 9.63 Å². The zero-order valence-corrected chi connectivity index (χ0v) is 22.0. The first-order valence-corrected chi connectivity index (χ1v) is 13.1. The summed E-state index contributed by atoms with van der Waals surface area (Å²) >= 11 is 0. The Bertz CT molecular complexity index is 1440. The van der Waals surface area contributed by atoms with Gasteiger partial charge < -0.3 is 15.2 Å². The summed E-state index contributed by atoms with van der Waals surface area (Å²) in [6.07, 6.45) is 9.20. The molecule has 3 heterocycles. The van der Waals surface area contributed by atoms with Crippen LogP contribution in [-0.2, 0) is 24.3 Å². The first kappa shape index (κ1) is 25.4. The van der Waals surface area contributed by atoms with E-state index in [2.05, 4.69) is 23.9 Å². The number of pyridine rings is 2. The Kier molecular flexibility index (Phi) is 7.13. The quantitative estimate of drug-likeness (QED) is 0.285. The Balaban J connectivity index is 1.45. The Hall–Kier alpha value is -4.20. The van der Waals surface area contributed by atoms with Gasteiger partial charge in [0.2, 0.25) is 11.6 Å². The molecule has 1 aliphatic rings. The molecule has 3 aromatic heterocycles. The van der Waals surface area contributed by atoms with Crippen LogP contribution in [0.4, 0.5) is 5.69 Å². The molecule has 1 unspecified atom stereocenters. The molecular weight excluding hydrogens is 478 g/mol. The normalized spacial score (nSPS) is 14.9. The van der Waals surface area contributed by atoms with E-state index in [1.165, 1.54) is 6.20 Å². The molecule has 0 aliphatic heterocycles. The van der Waals surface area contributed by atoms with Crippen molar-refractivity contribution in [3.8, 4) is 5.75 Å². The summed E-state index contributed by atoms with van der Waals surface area (Å²) in [6.45, 7) is 6.77. The predicted octanol–water partition coefficient (Wildman–Crippen LogP) is 4.75. The van der Waals surface area contributed by atoms with E-state index in [-0.39, 0.29) is 23.5 Å². The topological polar surface area (TPSA) is 98.2 Å². The first-order valence-electron chi connectivity index (χ1n) is 13.1. The van der Waals surface area contributed by atoms with Crippen LogP contribution in [0.2, 0.25) is 0 Å². The smallest absolute Gasteiger partial charge is 0.234 e. The molecule has 5 rings (SSSR count). The number of aryl methyl sites for hydroxylation is 1. The molecule has 1 atom stereocenters. The summed E-state index contributed by atoms with van der Waals surface area (Å²) in [7, 11) is 0. The number of fused-ring (bicyclic) bond motifs is 1. The highest BCUT2D eigenvalue weighted by Gasteiger charge is 2.32. The molecule has 0 fully saturated rings. The van der Waals surface area contributed by atoms with Crippen molar-refractivity contribution in [2.75, 3.05) is 4.90 Å². The van der Waals surface area contributed by atoms with Crippen molar-refractivity contribution in [2.24, 2.45) is 0 Å². The van der Waals surface area contributed by atoms with Crippen LogP contribution in [0.15, 0.2) is 67.3 Å². The van der Waals surface area contributed by atoms with Crippen molar-refractivity contribution < 1.29 is 14.6 Å². The molecule has 0 radical (unpaired) electrons. The van der Waals surface area contributed by atoms with Crippen LogP contribution in [0.25, 0.3) is 0 Å². The Morgan fingerprint density at radius 1 is 1.24 bits per heavy atom. The molecule has 0 spiro atoms. The number of rotatable bonds is 7. The fourth-order valence-corrected chi connectivity index (χ4v) is 5.16. The van der Waals surface area contributed by atoms with Crippen LogP contribution in [0.3, 0.4) is 0 Å². The third-order valence-corrected chi connectivity index (χ3v) is 7.22. The highest BCUT2D eigenvalue weighted by molar-refractivity contribution is 5.98. The average molecular weight is 512 g/mol. The summed E-state index contributed by atoms with van der Waals surface area (Å²) in [5.41, 5.74) is 5.90. The maximum absolute atomic E-state index is 14.1. The van der Waals surface area contributed by atoms with Crippen molar-refractivity contribution in [2.45, 2.75) is 65.0 Å². The number of amides is 1. The molecule has 8 nitrogen and oxygen atoms in total. The van der Waals surface area contributed by atoms with Crippen molar-refractivity contribution in [3.63, 3.8) is 0 Å². The lowest BCUT2D eigenvalue weighted by atomic mass is 9.81. The first-order chi connectivity index (χ1) is 18.3. The standard InChI is InChI=1S/C30H33N5O3/c1-20(2)28-11-10-23(16-31-28)34(30(37)27-8-4-7-26-25(27)6-5-9-29(26)36)18-22-15-32-33(17-22)19-24-14-21(3)12-13-35(24)38/h5-6,9-17,20,27,36H,4,7-8,18-19H2,1-3H3. The predicted molar refractivity (Wildman–Crippen MR) is 145 cm³/mol. The average Bonchev–Trinajstić information content (AvgIpc) is 3.36. The van der Waals surface area contributed by atoms with Crippen molar-refractivity contribution in [3.05, 3.63) is 106 Å². The van der Waals surface area contributed by atoms with E-state index >= 15 is 0 Å². The number of aromatic hydroxyl groups is 1. The van der Waals surface area contributed by atoms with E-state index in [1.807, 2.05) is 37.4 Å². The zero-order valence-electron chi connectivity index (χ0n) is 22.0. The molecule has 8 heteroatoms. The number of hydrogen-bond acceptors (Lipinski definition) is 5. The minimum absolute atomic E-state index is 0.0283. The molecule has 1 N–H and O–H groups in total. The minimum Gasteiger partial charge on any atom is -0.618 e. The van der Waals surface area contributed by atoms with Crippen LogP contribution in [0, 0.1) is 12.1 Å². The van der Waals surface area contributed by atoms with Crippen molar-refractivity contribution in [1.29, 1.82) is 0 Å². The van der Waals surface area contributed by atoms with Gasteiger partial charge in [0.1, 0.15) is 12.3 Å². The second-order valence-electron chi connectivity index (χ2n) is 10.4. The molecule has 0 bridgehead atoms. The Labute approximate surface area is 222 Å². The van der Waals surface area contributed by atoms with Crippen LogP contribution in [-0.4, -0.2) is 25.8 Å². The molecule has 4 aromatic rings. The van der Waals surface area contributed by atoms with E-state index < -0.39 is 0 Å². The number of aromatic nitrogens is 4. The van der Waals surface area contributed by atoms with Gasteiger partial charge in [-0.05, 0) is 67.0 Å². The fraction of sp³-hybridized carbons (Fsp3) is 0.333. The summed E-state index contributed by atoms with van der Waals surface area (Å²) in [5, 5.41) is 27.1. The van der Waals surface area contributed by atoms with E-state index in [0.29, 0.717) is 18.8 Å². The number of phenols is 1. The van der Waals surface area contributed by atoms with Gasteiger partial charge in [-0.25, -0.2) is 0 Å². The van der Waals surface area contributed by atoms with Gasteiger partial charge in [0.05, 0.1) is 30.5 Å². The third-order valence-electron chi connectivity index (χ3n) is 7.22. The summed E-state index contributed by atoms with van der Waals surface area (Å²) in [5.74, 6) is 0.157. The van der Waals surface area contributed by atoms with E-state index in [9.17, 15) is 15.1 Å². The van der Waals surface area contributed by atoms with Gasteiger partial charge in [-0.15, -0.1) is 0 Å². The van der Waals surface area contributed by atoms with E-state index in [0.717, 1.165) is 57.6 Å². The molecule has 196 valence electrons. The summed E-state index contributed by atoms with van der Waals surface area (Å²) in [4.78, 5) is 20.5. The molecule has 1 aromatic carbocycles. The van der Waals surface area contributed by atoms with Crippen LogP contribution in [0.1, 0.15) is 72.2 Å². The second-order valence-corrected chi connectivity index (χ2v) is 10.4. The minimum atomic E-state index is -0.350. The SMILES string of the molecule is Cc1cc[n+]([O-])c(Cn2cc(CN(C(=O)C3CCCc4c(O)cccc43)c3ccc(C(C)C)nc3)cn2)c1. The van der Waals surface area contributed by atoms with Gasteiger partial charge >= 0.3 is 0 Å². The molecule has 0 saturated carbocycles. The molecule has 1 amide bonds. The zero-order chi connectivity index (χ0) is 26.8. The highest BCUT2D eigenvalue weighted by atomic mass is 16.5. The van der Waals surface area contributed by atoms with Gasteiger partial charge in [0.25, 0.3) is 0 Å². The largest absolute Gasteiger partial charge is 0.618 e. The number of hydrogen-bond donors (Lipinski definition) is 1. The van der Waals surface area contributed by atoms with Gasteiger partial charge in [-0.1, -0.05) is 26.0 Å². The maximum Gasteiger partial charge on any atom is 0.234 e. The highest BCUT2D eigenvalue weighted by Crippen LogP contribution is 2.38. The van der Waals surface area contributed by atoms with Crippen LogP contribution >= 0.6 is 0 Å². The molecule has 38 heavy (non-hydrogen) atoms. The third kappa shape index (κ3) is 5.25. The number of nitrogens with zero attached hydrogens (tertiary/aromatic N) is 5. The second kappa shape index (κ2) is 10.7. The molecular formula is C30H33N5O3. The lowest BCUT2D eigenvalue weighted by Gasteiger charge is -2.31. The molecule has 1 aliphatic carbocycles. The van der Waals surface area contributed by atoms with E-state index in [1.54, 1.807) is 40.2 Å². The van der Waals surface area contributed by atoms with Gasteiger partial charge in [-0.3, -0.25) is 14.5 Å². The number of carbonyl (C=O) groups is 1. The number of phenolic OH excluding ortho intramolecular Hbond substituents is 1. The van der Waals surface area contributed by atoms with Gasteiger partial charge in [0, 0.05) is 29.6 Å². The Morgan fingerprint density at radius 2 is 2.08 bits per heavy atom. The van der Waals surface area contributed by atoms with Crippen molar-refractivity contribution >= 4 is 11.6 Å². The molecule has 0 saturated heterocycles. The lowest BCUT2D eigenvalue weighted by Crippen LogP contribution is -2.36. The maximum atomic E-state index is 14.1. The van der Waals surface area contributed by atoms with Gasteiger partial charge in [0.15, 0.2) is 6.20 Å². The van der Waals surface area contributed by atoms with Crippen molar-refractivity contribution in [1.82, 2.24) is 14.8 Å². The summed E-state index contributed by atoms with van der Waals surface area (Å²) in [6, 6.07) is 13.0. The number of benzene rings is 1. The number of anilines is 1. The fourth-order valence-electron chi connectivity index (χ4n) is 5.16. The lowest BCUT2D eigenvalue weighted by molar-refractivity contribution is -0.614. The van der Waals surface area contributed by atoms with Crippen LogP contribution in [0.5, 0.6) is 5.75 Å². The Morgan fingerprint density at radius 3 is 2.84 bits per heavy atom. The van der Waals surface area contributed by atoms with E-state index in [4.69, 9.17) is 0 Å². The summed E-state index contributed by atoms with van der Waals surface area (Å²) < 4.78 is 2.57. The van der Waals surface area contributed by atoms with Gasteiger partial charge in [-0.2, -0.15) is 9.83 Å².